The fourth-order valence-corrected chi connectivity index (χ4v) is 1.57. The van der Waals surface area contributed by atoms with Gasteiger partial charge in [0.05, 0.1) is 18.8 Å². The predicted octanol–water partition coefficient (Wildman–Crippen LogP) is 2.07. The zero-order valence-electron chi connectivity index (χ0n) is 10.3. The van der Waals surface area contributed by atoms with Gasteiger partial charge in [0.2, 0.25) is 0 Å². The van der Waals surface area contributed by atoms with E-state index in [-0.39, 0.29) is 0 Å². The number of nitrogens with one attached hydrogen (secondary N) is 1. The molecule has 1 aromatic heterocycles. The van der Waals surface area contributed by atoms with Crippen LogP contribution in [0.4, 0.5) is 11.5 Å². The van der Waals surface area contributed by atoms with Crippen LogP contribution in [0.25, 0.3) is 0 Å². The summed E-state index contributed by atoms with van der Waals surface area (Å²) in [6, 6.07) is 9.43. The molecule has 1 heterocycles. The van der Waals surface area contributed by atoms with Gasteiger partial charge in [-0.15, -0.1) is 0 Å². The van der Waals surface area contributed by atoms with E-state index in [0.29, 0.717) is 24.8 Å². The first-order chi connectivity index (χ1) is 8.79. The highest BCUT2D eigenvalue weighted by atomic mass is 16.5. The number of nitrogen functional groups attached to an aromatic ring is 1. The maximum absolute atomic E-state index is 5.60. The van der Waals surface area contributed by atoms with Crippen molar-refractivity contribution in [3.8, 4) is 5.75 Å². The van der Waals surface area contributed by atoms with Crippen LogP contribution in [0.3, 0.4) is 0 Å². The summed E-state index contributed by atoms with van der Waals surface area (Å²) in [7, 11) is 0. The van der Waals surface area contributed by atoms with Crippen LogP contribution in [0.1, 0.15) is 12.7 Å². The van der Waals surface area contributed by atoms with Crippen LogP contribution in [0, 0.1) is 0 Å². The summed E-state index contributed by atoms with van der Waals surface area (Å²) in [6.07, 6.45) is 1.65. The number of aromatic nitrogens is 2. The van der Waals surface area contributed by atoms with Crippen molar-refractivity contribution in [2.24, 2.45) is 0 Å². The summed E-state index contributed by atoms with van der Waals surface area (Å²) in [5.41, 5.74) is 6.52. The van der Waals surface area contributed by atoms with Crippen molar-refractivity contribution in [3.05, 3.63) is 42.4 Å². The first kappa shape index (κ1) is 12.2. The molecule has 0 spiro atoms. The first-order valence-electron chi connectivity index (χ1n) is 5.82. The van der Waals surface area contributed by atoms with Gasteiger partial charge in [-0.05, 0) is 25.1 Å². The number of nitrogens with zero attached hydrogens (tertiary/aromatic N) is 2. The molecule has 0 saturated carbocycles. The van der Waals surface area contributed by atoms with Crippen molar-refractivity contribution in [2.75, 3.05) is 17.7 Å². The molecule has 0 atom stereocenters. The van der Waals surface area contributed by atoms with Gasteiger partial charge in [-0.3, -0.25) is 0 Å². The summed E-state index contributed by atoms with van der Waals surface area (Å²) in [5, 5.41) is 3.24. The van der Waals surface area contributed by atoms with E-state index in [1.165, 1.54) is 0 Å². The maximum atomic E-state index is 5.60. The number of para-hydroxylation sites is 2. The van der Waals surface area contributed by atoms with E-state index < -0.39 is 0 Å². The molecule has 0 amide bonds. The Bertz CT molecular complexity index is 516. The fraction of sp³-hybridized carbons (Fsp3) is 0.231. The molecule has 1 aromatic carbocycles. The van der Waals surface area contributed by atoms with E-state index in [2.05, 4.69) is 15.3 Å². The van der Waals surface area contributed by atoms with Crippen LogP contribution in [0.5, 0.6) is 5.75 Å². The van der Waals surface area contributed by atoms with Gasteiger partial charge in [-0.1, -0.05) is 12.1 Å². The average Bonchev–Trinajstić information content (AvgIpc) is 2.38. The topological polar surface area (TPSA) is 73.1 Å². The summed E-state index contributed by atoms with van der Waals surface area (Å²) < 4.78 is 5.52. The van der Waals surface area contributed by atoms with Gasteiger partial charge in [0.1, 0.15) is 17.4 Å². The van der Waals surface area contributed by atoms with Gasteiger partial charge in [0.25, 0.3) is 0 Å². The molecule has 0 fully saturated rings. The quantitative estimate of drug-likeness (QED) is 0.842. The molecule has 94 valence electrons. The van der Waals surface area contributed by atoms with Crippen LogP contribution in [0.15, 0.2) is 36.5 Å². The van der Waals surface area contributed by atoms with Crippen LogP contribution in [-0.4, -0.2) is 16.6 Å². The largest absolute Gasteiger partial charge is 0.492 e. The van der Waals surface area contributed by atoms with Crippen molar-refractivity contribution in [1.82, 2.24) is 9.97 Å². The van der Waals surface area contributed by atoms with E-state index in [1.807, 2.05) is 31.2 Å². The second-order valence-corrected chi connectivity index (χ2v) is 3.68. The molecule has 3 N–H and O–H groups in total. The standard InChI is InChI=1S/C13H16N4O/c1-2-18-11-6-4-3-5-10(11)16-9-13-15-8-7-12(14)17-13/h3-8,16H,2,9H2,1H3,(H2,14,15,17). The number of benzene rings is 1. The van der Waals surface area contributed by atoms with Gasteiger partial charge in [-0.2, -0.15) is 0 Å². The van der Waals surface area contributed by atoms with Crippen LogP contribution in [-0.2, 0) is 6.54 Å². The first-order valence-corrected chi connectivity index (χ1v) is 5.82. The molecule has 0 saturated heterocycles. The molecule has 5 nitrogen and oxygen atoms in total. The van der Waals surface area contributed by atoms with Gasteiger partial charge < -0.3 is 15.8 Å². The normalized spacial score (nSPS) is 10.1. The third-order valence-corrected chi connectivity index (χ3v) is 2.35. The van der Waals surface area contributed by atoms with E-state index >= 15 is 0 Å². The van der Waals surface area contributed by atoms with Gasteiger partial charge in [0, 0.05) is 6.20 Å². The lowest BCUT2D eigenvalue weighted by molar-refractivity contribution is 0.341. The minimum atomic E-state index is 0.472. The molecule has 0 unspecified atom stereocenters. The second kappa shape index (κ2) is 5.86. The Hall–Kier alpha value is -2.30. The molecule has 0 bridgehead atoms. The van der Waals surface area contributed by atoms with E-state index in [0.717, 1.165) is 11.4 Å². The Morgan fingerprint density at radius 1 is 1.28 bits per heavy atom. The van der Waals surface area contributed by atoms with Gasteiger partial charge in [0.15, 0.2) is 0 Å². The number of rotatable bonds is 5. The molecule has 0 aliphatic rings. The van der Waals surface area contributed by atoms with Crippen molar-refractivity contribution in [1.29, 1.82) is 0 Å². The lowest BCUT2D eigenvalue weighted by atomic mass is 10.3. The van der Waals surface area contributed by atoms with Crippen LogP contribution < -0.4 is 15.8 Å². The summed E-state index contributed by atoms with van der Waals surface area (Å²) in [6.45, 7) is 3.10. The van der Waals surface area contributed by atoms with Gasteiger partial charge in [-0.25, -0.2) is 9.97 Å². The van der Waals surface area contributed by atoms with Crippen molar-refractivity contribution < 1.29 is 4.74 Å². The Morgan fingerprint density at radius 3 is 2.89 bits per heavy atom. The third kappa shape index (κ3) is 3.10. The Kier molecular flexibility index (Phi) is 3.96. The van der Waals surface area contributed by atoms with Gasteiger partial charge >= 0.3 is 0 Å². The lowest BCUT2D eigenvalue weighted by Crippen LogP contribution is -2.06. The highest BCUT2D eigenvalue weighted by molar-refractivity contribution is 5.56. The highest BCUT2D eigenvalue weighted by Crippen LogP contribution is 2.23. The number of anilines is 2. The summed E-state index contributed by atoms with van der Waals surface area (Å²) in [5.74, 6) is 1.95. The molecule has 0 radical (unpaired) electrons. The fourth-order valence-electron chi connectivity index (χ4n) is 1.57. The maximum Gasteiger partial charge on any atom is 0.149 e. The second-order valence-electron chi connectivity index (χ2n) is 3.68. The Labute approximate surface area is 106 Å². The molecule has 5 heteroatoms. The molecule has 0 aliphatic carbocycles. The van der Waals surface area contributed by atoms with Crippen molar-refractivity contribution in [3.63, 3.8) is 0 Å². The summed E-state index contributed by atoms with van der Waals surface area (Å²) >= 11 is 0. The highest BCUT2D eigenvalue weighted by Gasteiger charge is 2.03. The third-order valence-electron chi connectivity index (χ3n) is 2.35. The summed E-state index contributed by atoms with van der Waals surface area (Å²) in [4.78, 5) is 8.26. The van der Waals surface area contributed by atoms with E-state index in [1.54, 1.807) is 12.3 Å². The lowest BCUT2D eigenvalue weighted by Gasteiger charge is -2.11. The number of hydrogen-bond acceptors (Lipinski definition) is 5. The number of nitrogens with two attached hydrogens (primary N) is 1. The van der Waals surface area contributed by atoms with Crippen LogP contribution in [0.2, 0.25) is 0 Å². The SMILES string of the molecule is CCOc1ccccc1NCc1nccc(N)n1. The zero-order chi connectivity index (χ0) is 12.8. The minimum absolute atomic E-state index is 0.472. The van der Waals surface area contributed by atoms with E-state index in [9.17, 15) is 0 Å². The molecular formula is C13H16N4O. The number of hydrogen-bond donors (Lipinski definition) is 2. The Balaban J connectivity index is 2.06. The average molecular weight is 244 g/mol. The molecule has 2 aromatic rings. The number of ether oxygens (including phenoxy) is 1. The smallest absolute Gasteiger partial charge is 0.149 e. The molecule has 0 aliphatic heterocycles. The molecule has 2 rings (SSSR count). The van der Waals surface area contributed by atoms with Crippen LogP contribution >= 0.6 is 0 Å². The minimum Gasteiger partial charge on any atom is -0.492 e. The Morgan fingerprint density at radius 2 is 2.11 bits per heavy atom. The zero-order valence-corrected chi connectivity index (χ0v) is 10.3. The van der Waals surface area contributed by atoms with Crippen molar-refractivity contribution in [2.45, 2.75) is 13.5 Å². The predicted molar refractivity (Wildman–Crippen MR) is 71.4 cm³/mol. The van der Waals surface area contributed by atoms with E-state index in [4.69, 9.17) is 10.5 Å². The monoisotopic (exact) mass is 244 g/mol. The molecular weight excluding hydrogens is 228 g/mol. The van der Waals surface area contributed by atoms with Crippen molar-refractivity contribution >= 4 is 11.5 Å². The molecule has 18 heavy (non-hydrogen) atoms.